The molecule has 0 aromatic heterocycles. The minimum atomic E-state index is -0.330. The number of amides is 1. The van der Waals surface area contributed by atoms with Crippen LogP contribution in [0.15, 0.2) is 53.4 Å². The number of unbranched alkanes of at least 4 members (excludes halogenated alkanes) is 2. The normalized spacial score (nSPS) is 10.3. The largest absolute Gasteiger partial charge is 0.506 e. The second-order valence-electron chi connectivity index (χ2n) is 5.74. The summed E-state index contributed by atoms with van der Waals surface area (Å²) < 4.78 is 4.67. The molecule has 0 unspecified atom stereocenters. The first-order chi connectivity index (χ1) is 12.6. The van der Waals surface area contributed by atoms with Crippen molar-refractivity contribution in [3.63, 3.8) is 0 Å². The number of hydrogen-bond donors (Lipinski definition) is 2. The number of nitrogens with one attached hydrogen (secondary N) is 1. The van der Waals surface area contributed by atoms with Gasteiger partial charge in [-0.15, -0.1) is 11.8 Å². The maximum Gasteiger partial charge on any atom is 0.337 e. The van der Waals surface area contributed by atoms with Crippen molar-refractivity contribution < 1.29 is 19.4 Å². The van der Waals surface area contributed by atoms with Crippen LogP contribution in [0.1, 0.15) is 36.0 Å². The first-order valence-electron chi connectivity index (χ1n) is 8.49. The third-order valence-corrected chi connectivity index (χ3v) is 4.87. The van der Waals surface area contributed by atoms with Gasteiger partial charge < -0.3 is 15.2 Å². The first-order valence-corrected chi connectivity index (χ1v) is 9.47. The Kier molecular flexibility index (Phi) is 8.02. The Morgan fingerprint density at radius 1 is 1.04 bits per heavy atom. The van der Waals surface area contributed by atoms with Gasteiger partial charge in [0.25, 0.3) is 0 Å². The molecule has 0 heterocycles. The van der Waals surface area contributed by atoms with Gasteiger partial charge in [0.2, 0.25) is 5.91 Å². The molecule has 5 nitrogen and oxygen atoms in total. The number of para-hydroxylation sites is 2. The molecule has 2 aromatic carbocycles. The smallest absolute Gasteiger partial charge is 0.337 e. The van der Waals surface area contributed by atoms with E-state index >= 15 is 0 Å². The summed E-state index contributed by atoms with van der Waals surface area (Å²) in [7, 11) is 1.37. The highest BCUT2D eigenvalue weighted by molar-refractivity contribution is 7.99. The van der Waals surface area contributed by atoms with Crippen molar-refractivity contribution >= 4 is 29.3 Å². The number of methoxy groups -OCH3 is 1. The van der Waals surface area contributed by atoms with Crippen LogP contribution in [0.3, 0.4) is 0 Å². The molecule has 138 valence electrons. The number of phenolic OH excluding ortho intramolecular Hbond substituents is 1. The average molecular weight is 373 g/mol. The number of esters is 1. The lowest BCUT2D eigenvalue weighted by atomic mass is 10.2. The van der Waals surface area contributed by atoms with E-state index in [9.17, 15) is 14.7 Å². The van der Waals surface area contributed by atoms with Crippen LogP contribution >= 0.6 is 11.8 Å². The molecule has 0 saturated heterocycles. The fourth-order valence-corrected chi connectivity index (χ4v) is 3.26. The van der Waals surface area contributed by atoms with Gasteiger partial charge in [-0.05, 0) is 55.0 Å². The summed E-state index contributed by atoms with van der Waals surface area (Å²) in [5.41, 5.74) is 0.996. The number of phenols is 1. The minimum Gasteiger partial charge on any atom is -0.506 e. The number of carbonyl (C=O) groups excluding carboxylic acids is 2. The number of anilines is 1. The van der Waals surface area contributed by atoms with Gasteiger partial charge in [-0.2, -0.15) is 0 Å². The summed E-state index contributed by atoms with van der Waals surface area (Å²) in [4.78, 5) is 24.3. The van der Waals surface area contributed by atoms with E-state index in [1.165, 1.54) is 7.11 Å². The fraction of sp³-hybridized carbons (Fsp3) is 0.300. The molecular formula is C20H23NO4S. The molecule has 0 aliphatic rings. The van der Waals surface area contributed by atoms with Crippen LogP contribution in [0.4, 0.5) is 5.69 Å². The first kappa shape index (κ1) is 19.8. The molecule has 2 aromatic rings. The molecule has 0 aliphatic carbocycles. The van der Waals surface area contributed by atoms with Crippen molar-refractivity contribution in [3.8, 4) is 5.75 Å². The van der Waals surface area contributed by atoms with Crippen LogP contribution in [0, 0.1) is 0 Å². The van der Waals surface area contributed by atoms with E-state index in [1.54, 1.807) is 48.2 Å². The number of hydrogen-bond acceptors (Lipinski definition) is 5. The van der Waals surface area contributed by atoms with Gasteiger partial charge in [-0.1, -0.05) is 18.6 Å². The zero-order chi connectivity index (χ0) is 18.8. The quantitative estimate of drug-likeness (QED) is 0.294. The van der Waals surface area contributed by atoms with Crippen LogP contribution in [0.2, 0.25) is 0 Å². The highest BCUT2D eigenvalue weighted by Gasteiger charge is 2.06. The lowest BCUT2D eigenvalue weighted by Crippen LogP contribution is -2.11. The lowest BCUT2D eigenvalue weighted by Gasteiger charge is -2.07. The van der Waals surface area contributed by atoms with Crippen molar-refractivity contribution in [2.24, 2.45) is 0 Å². The third kappa shape index (κ3) is 6.44. The Labute approximate surface area is 157 Å². The van der Waals surface area contributed by atoms with E-state index < -0.39 is 0 Å². The van der Waals surface area contributed by atoms with Crippen LogP contribution in [0.25, 0.3) is 0 Å². The predicted octanol–water partition coefficient (Wildman–Crippen LogP) is 4.47. The number of benzene rings is 2. The molecule has 26 heavy (non-hydrogen) atoms. The molecule has 2 N–H and O–H groups in total. The maximum absolute atomic E-state index is 11.9. The minimum absolute atomic E-state index is 0.0791. The summed E-state index contributed by atoms with van der Waals surface area (Å²) in [6.07, 6.45) is 3.21. The van der Waals surface area contributed by atoms with Gasteiger partial charge in [0, 0.05) is 11.3 Å². The second-order valence-corrected chi connectivity index (χ2v) is 6.91. The Bertz CT molecular complexity index is 731. The number of ether oxygens (including phenoxy) is 1. The standard InChI is InChI=1S/C20H23NO4S/c1-25-20(24)15-10-12-16(13-11-15)26-14-6-2-3-9-19(23)21-17-7-4-5-8-18(17)22/h4-5,7-8,10-13,22H,2-3,6,9,14H2,1H3,(H,21,23). The summed E-state index contributed by atoms with van der Waals surface area (Å²) in [6.45, 7) is 0. The van der Waals surface area contributed by atoms with E-state index in [0.29, 0.717) is 17.7 Å². The van der Waals surface area contributed by atoms with Crippen molar-refractivity contribution in [1.29, 1.82) is 0 Å². The number of thioether (sulfide) groups is 1. The molecule has 6 heteroatoms. The van der Waals surface area contributed by atoms with Crippen molar-refractivity contribution in [3.05, 3.63) is 54.1 Å². The third-order valence-electron chi connectivity index (χ3n) is 3.77. The monoisotopic (exact) mass is 373 g/mol. The molecular weight excluding hydrogens is 350 g/mol. The van der Waals surface area contributed by atoms with Crippen LogP contribution in [0.5, 0.6) is 5.75 Å². The van der Waals surface area contributed by atoms with E-state index in [2.05, 4.69) is 10.1 Å². The molecule has 0 fully saturated rings. The second kappa shape index (κ2) is 10.5. The van der Waals surface area contributed by atoms with Crippen LogP contribution in [-0.4, -0.2) is 29.8 Å². The van der Waals surface area contributed by atoms with Crippen molar-refractivity contribution in [2.75, 3.05) is 18.2 Å². The van der Waals surface area contributed by atoms with Gasteiger partial charge in [-0.25, -0.2) is 4.79 Å². The predicted molar refractivity (Wildman–Crippen MR) is 104 cm³/mol. The lowest BCUT2D eigenvalue weighted by molar-refractivity contribution is -0.116. The van der Waals surface area contributed by atoms with E-state index in [-0.39, 0.29) is 17.6 Å². The molecule has 1 amide bonds. The fourth-order valence-electron chi connectivity index (χ4n) is 2.35. The number of rotatable bonds is 9. The van der Waals surface area contributed by atoms with Crippen LogP contribution in [-0.2, 0) is 9.53 Å². The van der Waals surface area contributed by atoms with E-state index in [1.807, 2.05) is 12.1 Å². The highest BCUT2D eigenvalue weighted by Crippen LogP contribution is 2.22. The summed E-state index contributed by atoms with van der Waals surface area (Å²) in [6, 6.07) is 14.1. The molecule has 0 saturated carbocycles. The Morgan fingerprint density at radius 3 is 2.46 bits per heavy atom. The number of carbonyl (C=O) groups is 2. The van der Waals surface area contributed by atoms with Gasteiger partial charge in [0.05, 0.1) is 18.4 Å². The van der Waals surface area contributed by atoms with Crippen LogP contribution < -0.4 is 5.32 Å². The Hall–Kier alpha value is -2.47. The Balaban J connectivity index is 1.60. The molecule has 0 bridgehead atoms. The molecule has 0 atom stereocenters. The van der Waals surface area contributed by atoms with E-state index in [4.69, 9.17) is 0 Å². The summed E-state index contributed by atoms with van der Waals surface area (Å²) in [5, 5.41) is 12.3. The molecule has 0 radical (unpaired) electrons. The van der Waals surface area contributed by atoms with Gasteiger partial charge in [-0.3, -0.25) is 4.79 Å². The molecule has 0 aliphatic heterocycles. The number of aromatic hydroxyl groups is 1. The molecule has 0 spiro atoms. The molecule has 2 rings (SSSR count). The van der Waals surface area contributed by atoms with Gasteiger partial charge in [0.1, 0.15) is 5.75 Å². The van der Waals surface area contributed by atoms with E-state index in [0.717, 1.165) is 29.9 Å². The summed E-state index contributed by atoms with van der Waals surface area (Å²) >= 11 is 1.73. The maximum atomic E-state index is 11.9. The van der Waals surface area contributed by atoms with Gasteiger partial charge >= 0.3 is 5.97 Å². The van der Waals surface area contributed by atoms with Crippen molar-refractivity contribution in [2.45, 2.75) is 30.6 Å². The van der Waals surface area contributed by atoms with Gasteiger partial charge in [0.15, 0.2) is 0 Å². The average Bonchev–Trinajstić information content (AvgIpc) is 2.66. The SMILES string of the molecule is COC(=O)c1ccc(SCCCCCC(=O)Nc2ccccc2O)cc1. The topological polar surface area (TPSA) is 75.6 Å². The highest BCUT2D eigenvalue weighted by atomic mass is 32.2. The zero-order valence-corrected chi connectivity index (χ0v) is 15.6. The summed E-state index contributed by atoms with van der Waals surface area (Å²) in [5.74, 6) is 0.621. The Morgan fingerprint density at radius 2 is 1.77 bits per heavy atom. The van der Waals surface area contributed by atoms with Crippen molar-refractivity contribution in [1.82, 2.24) is 0 Å². The zero-order valence-electron chi connectivity index (χ0n) is 14.7.